The lowest BCUT2D eigenvalue weighted by atomic mass is 10.2. The molecule has 0 spiro atoms. The number of anilines is 1. The second-order valence-electron chi connectivity index (χ2n) is 4.16. The number of halogens is 1. The van der Waals surface area contributed by atoms with Gasteiger partial charge in [-0.15, -0.1) is 11.3 Å². The fraction of sp³-hybridized carbons (Fsp3) is 0.143. The van der Waals surface area contributed by atoms with E-state index < -0.39 is 0 Å². The van der Waals surface area contributed by atoms with Crippen molar-refractivity contribution in [1.82, 2.24) is 9.97 Å². The Bertz CT molecular complexity index is 744. The van der Waals surface area contributed by atoms with Crippen molar-refractivity contribution in [3.63, 3.8) is 0 Å². The molecule has 1 aromatic carbocycles. The zero-order chi connectivity index (χ0) is 13.9. The Morgan fingerprint density at radius 3 is 3.00 bits per heavy atom. The Balaban J connectivity index is 1.88. The summed E-state index contributed by atoms with van der Waals surface area (Å²) in [6.07, 6.45) is 0. The van der Waals surface area contributed by atoms with Crippen LogP contribution in [0.2, 0.25) is 5.02 Å². The van der Waals surface area contributed by atoms with E-state index in [0.29, 0.717) is 23.5 Å². The number of aromatic nitrogens is 2. The van der Waals surface area contributed by atoms with E-state index in [1.165, 1.54) is 0 Å². The molecule has 0 radical (unpaired) electrons. The molecule has 0 aliphatic rings. The third-order valence-electron chi connectivity index (χ3n) is 2.78. The highest BCUT2D eigenvalue weighted by Gasteiger charge is 2.09. The average Bonchev–Trinajstić information content (AvgIpc) is 2.93. The molecule has 0 bridgehead atoms. The summed E-state index contributed by atoms with van der Waals surface area (Å²) < 4.78 is 5.82. The van der Waals surface area contributed by atoms with Crippen molar-refractivity contribution in [3.8, 4) is 5.88 Å². The van der Waals surface area contributed by atoms with Crippen molar-refractivity contribution in [3.05, 3.63) is 46.3 Å². The minimum absolute atomic E-state index is 0.422. The Labute approximate surface area is 125 Å². The number of rotatable bonds is 4. The quantitative estimate of drug-likeness (QED) is 0.792. The summed E-state index contributed by atoms with van der Waals surface area (Å²) in [6, 6.07) is 9.56. The van der Waals surface area contributed by atoms with Gasteiger partial charge in [0.15, 0.2) is 0 Å². The van der Waals surface area contributed by atoms with Crippen molar-refractivity contribution in [1.29, 1.82) is 0 Å². The van der Waals surface area contributed by atoms with Gasteiger partial charge in [0.1, 0.15) is 11.4 Å². The van der Waals surface area contributed by atoms with E-state index in [-0.39, 0.29) is 0 Å². The largest absolute Gasteiger partial charge is 0.472 e. The fourth-order valence-corrected chi connectivity index (χ4v) is 2.80. The molecule has 0 amide bonds. The zero-order valence-electron chi connectivity index (χ0n) is 10.8. The highest BCUT2D eigenvalue weighted by molar-refractivity contribution is 7.16. The Morgan fingerprint density at radius 1 is 1.30 bits per heavy atom. The van der Waals surface area contributed by atoms with Crippen molar-refractivity contribution in [2.75, 3.05) is 12.4 Å². The van der Waals surface area contributed by atoms with Crippen LogP contribution < -0.4 is 10.1 Å². The first-order valence-electron chi connectivity index (χ1n) is 6.06. The standard InChI is InChI=1S/C14H12ClN3OS/c1-16-14-17-12(11-5-6-20-13(11)18-14)19-8-9-3-2-4-10(15)7-9/h2-7H,8H2,1H3,(H,16,17,18). The van der Waals surface area contributed by atoms with Crippen LogP contribution >= 0.6 is 22.9 Å². The first-order valence-corrected chi connectivity index (χ1v) is 7.32. The van der Waals surface area contributed by atoms with E-state index in [9.17, 15) is 0 Å². The normalized spacial score (nSPS) is 10.7. The van der Waals surface area contributed by atoms with Gasteiger partial charge in [0.2, 0.25) is 11.8 Å². The summed E-state index contributed by atoms with van der Waals surface area (Å²) in [5.41, 5.74) is 1.01. The Morgan fingerprint density at radius 2 is 2.20 bits per heavy atom. The van der Waals surface area contributed by atoms with Crippen LogP contribution in [-0.2, 0) is 6.61 Å². The molecule has 0 atom stereocenters. The lowest BCUT2D eigenvalue weighted by molar-refractivity contribution is 0.298. The van der Waals surface area contributed by atoms with Crippen LogP contribution in [-0.4, -0.2) is 17.0 Å². The van der Waals surface area contributed by atoms with Crippen molar-refractivity contribution >= 4 is 39.1 Å². The van der Waals surface area contributed by atoms with Crippen LogP contribution in [0, 0.1) is 0 Å². The molecule has 0 saturated carbocycles. The fourth-order valence-electron chi connectivity index (χ4n) is 1.83. The summed E-state index contributed by atoms with van der Waals surface area (Å²) in [6.45, 7) is 0.422. The van der Waals surface area contributed by atoms with Gasteiger partial charge in [-0.2, -0.15) is 4.98 Å². The summed E-state index contributed by atoms with van der Waals surface area (Å²) in [5, 5.41) is 6.54. The summed E-state index contributed by atoms with van der Waals surface area (Å²) in [4.78, 5) is 9.64. The Hall–Kier alpha value is -1.85. The number of nitrogens with one attached hydrogen (secondary N) is 1. The number of hydrogen-bond acceptors (Lipinski definition) is 5. The maximum atomic E-state index is 5.96. The molecule has 20 heavy (non-hydrogen) atoms. The number of hydrogen-bond donors (Lipinski definition) is 1. The van der Waals surface area contributed by atoms with Crippen molar-refractivity contribution in [2.45, 2.75) is 6.61 Å². The molecule has 0 saturated heterocycles. The third-order valence-corrected chi connectivity index (χ3v) is 3.82. The van der Waals surface area contributed by atoms with E-state index in [1.807, 2.05) is 35.7 Å². The highest BCUT2D eigenvalue weighted by atomic mass is 35.5. The molecule has 6 heteroatoms. The maximum absolute atomic E-state index is 5.96. The molecule has 102 valence electrons. The SMILES string of the molecule is CNc1nc(OCc2cccc(Cl)c2)c2ccsc2n1. The van der Waals surface area contributed by atoms with Gasteiger partial charge in [-0.25, -0.2) is 4.98 Å². The van der Waals surface area contributed by atoms with Crippen LogP contribution in [0.15, 0.2) is 35.7 Å². The summed E-state index contributed by atoms with van der Waals surface area (Å²) >= 11 is 7.53. The monoisotopic (exact) mass is 305 g/mol. The molecule has 0 fully saturated rings. The topological polar surface area (TPSA) is 47.0 Å². The number of nitrogens with zero attached hydrogens (tertiary/aromatic N) is 2. The average molecular weight is 306 g/mol. The molecular formula is C14H12ClN3OS. The summed E-state index contributed by atoms with van der Waals surface area (Å²) in [5.74, 6) is 1.14. The lowest BCUT2D eigenvalue weighted by Gasteiger charge is -2.08. The predicted octanol–water partition coefficient (Wildman–Crippen LogP) is 3.97. The first-order chi connectivity index (χ1) is 9.76. The van der Waals surface area contributed by atoms with Crippen LogP contribution in [0.25, 0.3) is 10.2 Å². The smallest absolute Gasteiger partial charge is 0.227 e. The predicted molar refractivity (Wildman–Crippen MR) is 82.7 cm³/mol. The van der Waals surface area contributed by atoms with Gasteiger partial charge in [0.25, 0.3) is 0 Å². The van der Waals surface area contributed by atoms with Gasteiger partial charge < -0.3 is 10.1 Å². The van der Waals surface area contributed by atoms with Crippen molar-refractivity contribution < 1.29 is 4.74 Å². The molecule has 3 rings (SSSR count). The molecular weight excluding hydrogens is 294 g/mol. The molecule has 1 N–H and O–H groups in total. The maximum Gasteiger partial charge on any atom is 0.227 e. The van der Waals surface area contributed by atoms with Crippen LogP contribution in [0.3, 0.4) is 0 Å². The van der Waals surface area contributed by atoms with Crippen LogP contribution in [0.4, 0.5) is 5.95 Å². The van der Waals surface area contributed by atoms with E-state index in [2.05, 4.69) is 15.3 Å². The van der Waals surface area contributed by atoms with Crippen LogP contribution in [0.5, 0.6) is 5.88 Å². The molecule has 3 aromatic rings. The van der Waals surface area contributed by atoms with E-state index in [1.54, 1.807) is 18.4 Å². The summed E-state index contributed by atoms with van der Waals surface area (Å²) in [7, 11) is 1.79. The van der Waals surface area contributed by atoms with Gasteiger partial charge in [-0.05, 0) is 29.1 Å². The zero-order valence-corrected chi connectivity index (χ0v) is 12.3. The van der Waals surface area contributed by atoms with Gasteiger partial charge >= 0.3 is 0 Å². The molecule has 0 unspecified atom stereocenters. The van der Waals surface area contributed by atoms with Gasteiger partial charge in [0, 0.05) is 12.1 Å². The van der Waals surface area contributed by atoms with E-state index in [4.69, 9.17) is 16.3 Å². The second-order valence-corrected chi connectivity index (χ2v) is 5.49. The van der Waals surface area contributed by atoms with E-state index >= 15 is 0 Å². The molecule has 0 aliphatic heterocycles. The molecule has 2 heterocycles. The third kappa shape index (κ3) is 2.69. The number of thiophene rings is 1. The first kappa shape index (κ1) is 13.1. The second kappa shape index (κ2) is 5.64. The van der Waals surface area contributed by atoms with Gasteiger partial charge in [-0.1, -0.05) is 23.7 Å². The number of benzene rings is 1. The molecule has 2 aromatic heterocycles. The van der Waals surface area contributed by atoms with E-state index in [0.717, 1.165) is 15.8 Å². The van der Waals surface area contributed by atoms with Crippen molar-refractivity contribution in [2.24, 2.45) is 0 Å². The lowest BCUT2D eigenvalue weighted by Crippen LogP contribution is -2.01. The van der Waals surface area contributed by atoms with Crippen LogP contribution in [0.1, 0.15) is 5.56 Å². The minimum atomic E-state index is 0.422. The molecule has 0 aliphatic carbocycles. The Kier molecular flexibility index (Phi) is 3.71. The molecule has 4 nitrogen and oxygen atoms in total. The highest BCUT2D eigenvalue weighted by Crippen LogP contribution is 2.28. The van der Waals surface area contributed by atoms with Gasteiger partial charge in [-0.3, -0.25) is 0 Å². The minimum Gasteiger partial charge on any atom is -0.472 e. The number of ether oxygens (including phenoxy) is 1. The number of fused-ring (bicyclic) bond motifs is 1. The van der Waals surface area contributed by atoms with Gasteiger partial charge in [0.05, 0.1) is 5.39 Å².